The quantitative estimate of drug-likeness (QED) is 0.384. The minimum atomic E-state index is -3.66. The molecule has 54 heavy (non-hydrogen) atoms. The van der Waals surface area contributed by atoms with Gasteiger partial charge in [0.05, 0.1) is 4.90 Å². The minimum absolute atomic E-state index is 0.123. The van der Waals surface area contributed by atoms with E-state index in [9.17, 15) is 27.6 Å². The number of piperidine rings is 3. The van der Waals surface area contributed by atoms with Crippen molar-refractivity contribution in [3.8, 4) is 0 Å². The molecule has 0 aliphatic carbocycles. The summed E-state index contributed by atoms with van der Waals surface area (Å²) in [7, 11) is -3.66. The van der Waals surface area contributed by atoms with Crippen LogP contribution in [0, 0.1) is 5.92 Å². The molecular formula is C39H53N7O7S. The largest absolute Gasteiger partial charge is 0.444 e. The van der Waals surface area contributed by atoms with E-state index in [1.54, 1.807) is 17.0 Å². The zero-order valence-electron chi connectivity index (χ0n) is 31.6. The normalized spacial score (nSPS) is 22.7. The minimum Gasteiger partial charge on any atom is -0.444 e. The van der Waals surface area contributed by atoms with Crippen LogP contribution in [-0.2, 0) is 30.9 Å². The molecule has 0 radical (unpaired) electrons. The number of piperazine rings is 1. The number of nitrogens with one attached hydrogen (secondary N) is 2. The van der Waals surface area contributed by atoms with E-state index in [0.717, 1.165) is 75.6 Å². The number of carbonyl (C=O) groups is 4. The molecule has 4 amide bonds. The summed E-state index contributed by atoms with van der Waals surface area (Å²) in [6.45, 7) is 13.0. The number of hydrogen-bond donors (Lipinski definition) is 2. The topological polar surface area (TPSA) is 152 Å². The van der Waals surface area contributed by atoms with Crippen LogP contribution in [0.15, 0.2) is 47.4 Å². The maximum Gasteiger partial charge on any atom is 0.407 e. The van der Waals surface area contributed by atoms with Crippen LogP contribution < -0.4 is 20.4 Å². The second-order valence-corrected chi connectivity index (χ2v) is 18.2. The highest BCUT2D eigenvalue weighted by Gasteiger charge is 2.39. The van der Waals surface area contributed by atoms with Gasteiger partial charge in [-0.05, 0) is 101 Å². The van der Waals surface area contributed by atoms with E-state index in [2.05, 4.69) is 31.4 Å². The molecule has 0 saturated carbocycles. The second kappa shape index (κ2) is 15.5. The first kappa shape index (κ1) is 38.1. The molecule has 5 heterocycles. The van der Waals surface area contributed by atoms with E-state index in [1.807, 2.05) is 45.0 Å². The molecule has 5 aliphatic rings. The first-order chi connectivity index (χ1) is 25.7. The molecule has 2 N–H and O–H groups in total. The summed E-state index contributed by atoms with van der Waals surface area (Å²) in [6, 6.07) is 12.5. The lowest BCUT2D eigenvalue weighted by Crippen LogP contribution is -2.52. The molecule has 2 aromatic carbocycles. The molecule has 14 nitrogen and oxygen atoms in total. The summed E-state index contributed by atoms with van der Waals surface area (Å²) < 4.78 is 34.1. The Morgan fingerprint density at radius 1 is 0.852 bits per heavy atom. The van der Waals surface area contributed by atoms with Crippen LogP contribution in [0.4, 0.5) is 16.2 Å². The summed E-state index contributed by atoms with van der Waals surface area (Å²) in [5.41, 5.74) is 2.99. The monoisotopic (exact) mass is 763 g/mol. The molecule has 292 valence electrons. The number of alkyl carbamates (subject to hydrolysis) is 1. The van der Waals surface area contributed by atoms with Gasteiger partial charge in [0.1, 0.15) is 11.6 Å². The molecule has 4 saturated heterocycles. The lowest BCUT2D eigenvalue weighted by atomic mass is 9.95. The Balaban J connectivity index is 0.859. The number of carbonyl (C=O) groups excluding carboxylic acids is 4. The van der Waals surface area contributed by atoms with Crippen molar-refractivity contribution in [3.63, 3.8) is 0 Å². The van der Waals surface area contributed by atoms with E-state index >= 15 is 0 Å². The molecule has 1 atom stereocenters. The van der Waals surface area contributed by atoms with E-state index in [-0.39, 0.29) is 24.3 Å². The molecular weight excluding hydrogens is 711 g/mol. The molecule has 7 rings (SSSR count). The van der Waals surface area contributed by atoms with Gasteiger partial charge >= 0.3 is 6.09 Å². The zero-order chi connectivity index (χ0) is 38.2. The summed E-state index contributed by atoms with van der Waals surface area (Å²) in [4.78, 5) is 58.5. The van der Waals surface area contributed by atoms with Crippen LogP contribution in [0.3, 0.4) is 0 Å². The Morgan fingerprint density at radius 2 is 1.54 bits per heavy atom. The highest BCUT2D eigenvalue weighted by Crippen LogP contribution is 2.32. The average Bonchev–Trinajstić information content (AvgIpc) is 3.46. The fraction of sp³-hybridized carbons (Fsp3) is 0.590. The maximum atomic E-state index is 13.6. The number of hydrogen-bond acceptors (Lipinski definition) is 10. The van der Waals surface area contributed by atoms with Crippen LogP contribution >= 0.6 is 0 Å². The number of anilines is 2. The van der Waals surface area contributed by atoms with Crippen molar-refractivity contribution >= 4 is 45.2 Å². The number of fused-ring (bicyclic) bond motifs is 1. The number of imide groups is 1. The van der Waals surface area contributed by atoms with Crippen LogP contribution in [0.2, 0.25) is 0 Å². The number of sulfonamides is 1. The van der Waals surface area contributed by atoms with Crippen LogP contribution in [0.5, 0.6) is 0 Å². The van der Waals surface area contributed by atoms with E-state index in [4.69, 9.17) is 4.74 Å². The van der Waals surface area contributed by atoms with Crippen molar-refractivity contribution in [2.45, 2.75) is 88.4 Å². The van der Waals surface area contributed by atoms with Gasteiger partial charge in [0.15, 0.2) is 0 Å². The number of rotatable bonds is 8. The zero-order valence-corrected chi connectivity index (χ0v) is 32.4. The average molecular weight is 764 g/mol. The standard InChI is InChI=1S/C39H53N7O7S/c1-39(2,3)53-38(50)40-29-13-17-45(18-14-29)54(51,52)32-6-4-5-30(24-32)43-15-11-27(12-16-43)25-42-19-21-44(22-20-42)31-7-8-33-28(23-31)26-46(37(33)49)34-9-10-35(47)41-36(34)48/h4-8,23-24,27,29,34H,9-22,25-26H2,1-3H3,(H,40,50)(H,41,47,48). The Labute approximate surface area is 318 Å². The Bertz CT molecular complexity index is 1860. The first-order valence-electron chi connectivity index (χ1n) is 19.3. The van der Waals surface area contributed by atoms with E-state index in [0.29, 0.717) is 55.3 Å². The number of ether oxygens (including phenoxy) is 1. The molecule has 15 heteroatoms. The predicted octanol–water partition coefficient (Wildman–Crippen LogP) is 3.16. The van der Waals surface area contributed by atoms with Crippen LogP contribution in [0.1, 0.15) is 75.2 Å². The van der Waals surface area contributed by atoms with Crippen molar-refractivity contribution in [2.75, 3.05) is 68.7 Å². The Morgan fingerprint density at radius 3 is 2.22 bits per heavy atom. The highest BCUT2D eigenvalue weighted by molar-refractivity contribution is 7.89. The smallest absolute Gasteiger partial charge is 0.407 e. The fourth-order valence-electron chi connectivity index (χ4n) is 8.39. The summed E-state index contributed by atoms with van der Waals surface area (Å²) in [5.74, 6) is -0.262. The van der Waals surface area contributed by atoms with Gasteiger partial charge in [-0.1, -0.05) is 6.07 Å². The van der Waals surface area contributed by atoms with Gasteiger partial charge in [0.2, 0.25) is 21.8 Å². The lowest BCUT2D eigenvalue weighted by molar-refractivity contribution is -0.136. The third-order valence-electron chi connectivity index (χ3n) is 11.4. The van der Waals surface area contributed by atoms with Gasteiger partial charge in [0.25, 0.3) is 5.91 Å². The molecule has 5 aliphatic heterocycles. The first-order valence-corrected chi connectivity index (χ1v) is 20.8. The highest BCUT2D eigenvalue weighted by atomic mass is 32.2. The molecule has 0 spiro atoms. The number of benzene rings is 2. The van der Waals surface area contributed by atoms with Crippen LogP contribution in [0.25, 0.3) is 0 Å². The van der Waals surface area contributed by atoms with Crippen molar-refractivity contribution in [3.05, 3.63) is 53.6 Å². The number of amides is 4. The van der Waals surface area contributed by atoms with Gasteiger partial charge in [-0.3, -0.25) is 24.6 Å². The molecule has 0 aromatic heterocycles. The third-order valence-corrected chi connectivity index (χ3v) is 13.3. The Kier molecular flexibility index (Phi) is 10.9. The molecule has 1 unspecified atom stereocenters. The SMILES string of the molecule is CC(C)(C)OC(=O)NC1CCN(S(=O)(=O)c2cccc(N3CCC(CN4CCN(c5ccc6c(c5)CN(C5CCC(=O)NC5=O)C6=O)CC4)CC3)c2)CC1. The van der Waals surface area contributed by atoms with E-state index in [1.165, 1.54) is 4.31 Å². The summed E-state index contributed by atoms with van der Waals surface area (Å²) in [5, 5.41) is 5.24. The van der Waals surface area contributed by atoms with Gasteiger partial charge in [-0.15, -0.1) is 0 Å². The predicted molar refractivity (Wildman–Crippen MR) is 204 cm³/mol. The van der Waals surface area contributed by atoms with Gasteiger partial charge < -0.3 is 24.8 Å². The van der Waals surface area contributed by atoms with Crippen LogP contribution in [-0.4, -0.2) is 123 Å². The Hall–Kier alpha value is -4.21. The van der Waals surface area contributed by atoms with Gasteiger partial charge in [0, 0.05) is 94.8 Å². The van der Waals surface area contributed by atoms with Crippen molar-refractivity contribution in [1.82, 2.24) is 24.7 Å². The molecule has 0 bridgehead atoms. The third kappa shape index (κ3) is 8.52. The molecule has 2 aromatic rings. The van der Waals surface area contributed by atoms with Crippen molar-refractivity contribution in [1.29, 1.82) is 0 Å². The second-order valence-electron chi connectivity index (χ2n) is 16.3. The van der Waals surface area contributed by atoms with Gasteiger partial charge in [-0.2, -0.15) is 4.31 Å². The van der Waals surface area contributed by atoms with Gasteiger partial charge in [-0.25, -0.2) is 13.2 Å². The van der Waals surface area contributed by atoms with Crippen molar-refractivity contribution < 1.29 is 32.3 Å². The lowest BCUT2D eigenvalue weighted by Gasteiger charge is -2.40. The number of nitrogens with zero attached hydrogens (tertiary/aromatic N) is 5. The molecule has 4 fully saturated rings. The fourth-order valence-corrected chi connectivity index (χ4v) is 9.90. The van der Waals surface area contributed by atoms with E-state index < -0.39 is 33.7 Å². The maximum absolute atomic E-state index is 13.6. The summed E-state index contributed by atoms with van der Waals surface area (Å²) >= 11 is 0. The summed E-state index contributed by atoms with van der Waals surface area (Å²) in [6.07, 6.45) is 3.27. The van der Waals surface area contributed by atoms with Crippen molar-refractivity contribution in [2.24, 2.45) is 5.92 Å².